The highest BCUT2D eigenvalue weighted by Gasteiger charge is 2.19. The fraction of sp³-hybridized carbons (Fsp3) is 0.294. The number of halogens is 2. The van der Waals surface area contributed by atoms with E-state index >= 15 is 0 Å². The molecule has 0 bridgehead atoms. The summed E-state index contributed by atoms with van der Waals surface area (Å²) in [4.78, 5) is 2.37. The summed E-state index contributed by atoms with van der Waals surface area (Å²) < 4.78 is 0. The van der Waals surface area contributed by atoms with E-state index < -0.39 is 0 Å². The Hall–Kier alpha value is -1.22. The second-order valence-corrected chi connectivity index (χ2v) is 6.37. The molecular formula is C17H18Cl2N2. The zero-order valence-corrected chi connectivity index (χ0v) is 13.5. The first-order valence-electron chi connectivity index (χ1n) is 7.13. The van der Waals surface area contributed by atoms with E-state index in [1.807, 2.05) is 18.2 Å². The van der Waals surface area contributed by atoms with Gasteiger partial charge in [0.05, 0.1) is 0 Å². The van der Waals surface area contributed by atoms with E-state index in [-0.39, 0.29) is 0 Å². The Kier molecular flexibility index (Phi) is 4.39. The van der Waals surface area contributed by atoms with Gasteiger partial charge in [-0.25, -0.2) is 0 Å². The summed E-state index contributed by atoms with van der Waals surface area (Å²) in [5.74, 6) is 0. The number of rotatable bonds is 2. The molecule has 1 aliphatic heterocycles. The third-order valence-corrected chi connectivity index (χ3v) is 4.44. The van der Waals surface area contributed by atoms with Gasteiger partial charge >= 0.3 is 0 Å². The Labute approximate surface area is 135 Å². The van der Waals surface area contributed by atoms with Crippen LogP contribution in [0, 0.1) is 0 Å². The summed E-state index contributed by atoms with van der Waals surface area (Å²) in [6, 6.07) is 14.6. The van der Waals surface area contributed by atoms with Crippen LogP contribution in [-0.2, 0) is 13.1 Å². The molecule has 2 aromatic rings. The van der Waals surface area contributed by atoms with Crippen LogP contribution in [0.5, 0.6) is 0 Å². The molecule has 1 N–H and O–H groups in total. The Morgan fingerprint density at radius 1 is 1.19 bits per heavy atom. The van der Waals surface area contributed by atoms with Gasteiger partial charge in [-0.3, -0.25) is 0 Å². The highest BCUT2D eigenvalue weighted by atomic mass is 35.5. The first-order chi connectivity index (χ1) is 10.1. The van der Waals surface area contributed by atoms with E-state index in [9.17, 15) is 0 Å². The number of anilines is 1. The normalized spacial score (nSPS) is 18.2. The van der Waals surface area contributed by atoms with Gasteiger partial charge < -0.3 is 10.2 Å². The van der Waals surface area contributed by atoms with Gasteiger partial charge in [0.15, 0.2) is 0 Å². The lowest BCUT2D eigenvalue weighted by atomic mass is 10.1. The van der Waals surface area contributed by atoms with E-state index in [0.717, 1.165) is 35.2 Å². The summed E-state index contributed by atoms with van der Waals surface area (Å²) in [7, 11) is 0. The second kappa shape index (κ2) is 6.27. The van der Waals surface area contributed by atoms with E-state index in [4.69, 9.17) is 23.2 Å². The van der Waals surface area contributed by atoms with Gasteiger partial charge in [-0.1, -0.05) is 41.4 Å². The zero-order valence-electron chi connectivity index (χ0n) is 11.9. The lowest BCUT2D eigenvalue weighted by Crippen LogP contribution is -2.35. The number of benzene rings is 2. The monoisotopic (exact) mass is 320 g/mol. The molecule has 1 unspecified atom stereocenters. The van der Waals surface area contributed by atoms with Crippen molar-refractivity contribution >= 4 is 28.9 Å². The Bertz CT molecular complexity index is 642. The topological polar surface area (TPSA) is 15.3 Å². The molecule has 1 aliphatic rings. The predicted octanol–water partition coefficient (Wildman–Crippen LogP) is 4.49. The summed E-state index contributed by atoms with van der Waals surface area (Å²) in [6.45, 7) is 4.82. The number of nitrogens with zero attached hydrogens (tertiary/aromatic N) is 1. The van der Waals surface area contributed by atoms with Crippen molar-refractivity contribution in [1.82, 2.24) is 5.32 Å². The van der Waals surface area contributed by atoms with Crippen LogP contribution < -0.4 is 10.2 Å². The largest absolute Gasteiger partial charge is 0.365 e. The van der Waals surface area contributed by atoms with Gasteiger partial charge in [0.2, 0.25) is 0 Å². The summed E-state index contributed by atoms with van der Waals surface area (Å²) in [6.07, 6.45) is 0. The first kappa shape index (κ1) is 14.7. The Morgan fingerprint density at radius 3 is 2.86 bits per heavy atom. The van der Waals surface area contributed by atoms with Crippen molar-refractivity contribution in [2.75, 3.05) is 11.4 Å². The van der Waals surface area contributed by atoms with Crippen LogP contribution in [0.15, 0.2) is 42.5 Å². The van der Waals surface area contributed by atoms with Crippen LogP contribution in [0.4, 0.5) is 5.69 Å². The SMILES string of the molecule is CC1CN(Cc2cc(Cl)ccc2Cl)c2ccccc2CN1. The third-order valence-electron chi connectivity index (χ3n) is 3.84. The Morgan fingerprint density at radius 2 is 2.00 bits per heavy atom. The van der Waals surface area contributed by atoms with Crippen molar-refractivity contribution in [3.8, 4) is 0 Å². The van der Waals surface area contributed by atoms with Crippen molar-refractivity contribution in [3.05, 3.63) is 63.6 Å². The lowest BCUT2D eigenvalue weighted by molar-refractivity contribution is 0.552. The molecule has 21 heavy (non-hydrogen) atoms. The number of nitrogens with one attached hydrogen (secondary N) is 1. The van der Waals surface area contributed by atoms with Gasteiger partial charge in [0.25, 0.3) is 0 Å². The maximum Gasteiger partial charge on any atom is 0.0456 e. The number of hydrogen-bond donors (Lipinski definition) is 1. The molecule has 4 heteroatoms. The maximum atomic E-state index is 6.32. The number of fused-ring (bicyclic) bond motifs is 1. The molecule has 2 aromatic carbocycles. The van der Waals surface area contributed by atoms with Crippen molar-refractivity contribution in [3.63, 3.8) is 0 Å². The molecule has 0 spiro atoms. The second-order valence-electron chi connectivity index (χ2n) is 5.53. The van der Waals surface area contributed by atoms with E-state index in [2.05, 4.69) is 41.4 Å². The molecule has 110 valence electrons. The van der Waals surface area contributed by atoms with Gasteiger partial charge in [0.1, 0.15) is 0 Å². The standard InChI is InChI=1S/C17H18Cl2N2/c1-12-10-21(11-14-8-15(18)6-7-16(14)19)17-5-3-2-4-13(17)9-20-12/h2-8,12,20H,9-11H2,1H3. The smallest absolute Gasteiger partial charge is 0.0456 e. The van der Waals surface area contributed by atoms with Crippen molar-refractivity contribution in [2.45, 2.75) is 26.1 Å². The van der Waals surface area contributed by atoms with Crippen molar-refractivity contribution in [2.24, 2.45) is 0 Å². The maximum absolute atomic E-state index is 6.32. The number of para-hydroxylation sites is 1. The van der Waals surface area contributed by atoms with E-state index in [1.54, 1.807) is 0 Å². The summed E-state index contributed by atoms with van der Waals surface area (Å²) >= 11 is 12.4. The predicted molar refractivity (Wildman–Crippen MR) is 90.3 cm³/mol. The molecular weight excluding hydrogens is 303 g/mol. The van der Waals surface area contributed by atoms with Gasteiger partial charge in [-0.05, 0) is 42.3 Å². The molecule has 0 saturated carbocycles. The van der Waals surface area contributed by atoms with Crippen molar-refractivity contribution < 1.29 is 0 Å². The van der Waals surface area contributed by atoms with E-state index in [1.165, 1.54) is 11.3 Å². The van der Waals surface area contributed by atoms with Crippen LogP contribution in [-0.4, -0.2) is 12.6 Å². The number of hydrogen-bond acceptors (Lipinski definition) is 2. The van der Waals surface area contributed by atoms with Gasteiger partial charge in [0, 0.05) is 41.4 Å². The third kappa shape index (κ3) is 3.34. The highest BCUT2D eigenvalue weighted by Crippen LogP contribution is 2.28. The molecule has 0 radical (unpaired) electrons. The quantitative estimate of drug-likeness (QED) is 0.876. The van der Waals surface area contributed by atoms with Crippen LogP contribution in [0.2, 0.25) is 10.0 Å². The molecule has 1 heterocycles. The molecule has 1 atom stereocenters. The van der Waals surface area contributed by atoms with Gasteiger partial charge in [-0.15, -0.1) is 0 Å². The van der Waals surface area contributed by atoms with Crippen LogP contribution in [0.3, 0.4) is 0 Å². The Balaban J connectivity index is 1.94. The molecule has 0 fully saturated rings. The summed E-state index contributed by atoms with van der Waals surface area (Å²) in [5, 5.41) is 5.03. The highest BCUT2D eigenvalue weighted by molar-refractivity contribution is 6.33. The fourth-order valence-corrected chi connectivity index (χ4v) is 3.14. The molecule has 0 aliphatic carbocycles. The van der Waals surface area contributed by atoms with Gasteiger partial charge in [-0.2, -0.15) is 0 Å². The minimum absolute atomic E-state index is 0.426. The average Bonchev–Trinajstić information content (AvgIpc) is 2.63. The van der Waals surface area contributed by atoms with Crippen LogP contribution >= 0.6 is 23.2 Å². The average molecular weight is 321 g/mol. The minimum atomic E-state index is 0.426. The molecule has 2 nitrogen and oxygen atoms in total. The zero-order chi connectivity index (χ0) is 14.8. The molecule has 0 amide bonds. The fourth-order valence-electron chi connectivity index (χ4n) is 2.77. The lowest BCUT2D eigenvalue weighted by Gasteiger charge is -2.27. The molecule has 0 aromatic heterocycles. The molecule has 3 rings (SSSR count). The van der Waals surface area contributed by atoms with Crippen molar-refractivity contribution in [1.29, 1.82) is 0 Å². The van der Waals surface area contributed by atoms with Crippen LogP contribution in [0.25, 0.3) is 0 Å². The molecule has 0 saturated heterocycles. The minimum Gasteiger partial charge on any atom is -0.365 e. The summed E-state index contributed by atoms with van der Waals surface area (Å²) in [5.41, 5.74) is 3.65. The first-order valence-corrected chi connectivity index (χ1v) is 7.89. The van der Waals surface area contributed by atoms with Crippen LogP contribution in [0.1, 0.15) is 18.1 Å². The van der Waals surface area contributed by atoms with E-state index in [0.29, 0.717) is 6.04 Å².